The third kappa shape index (κ3) is 7.52. The number of aliphatic imine (C=N–C) groups is 1. The minimum atomic E-state index is -4.13. The predicted molar refractivity (Wildman–Crippen MR) is 94.9 cm³/mol. The maximum atomic E-state index is 12.4. The fraction of sp³-hybridized carbons (Fsp3) is 0.588. The molecule has 2 N–H and O–H groups in total. The Morgan fingerprint density at radius 1 is 1.28 bits per heavy atom. The molecular weight excluding hydrogens is 353 g/mol. The molecular formula is C17H24ClF3N4. The second-order valence-electron chi connectivity index (χ2n) is 6.21. The van der Waals surface area contributed by atoms with Gasteiger partial charge in [0.25, 0.3) is 0 Å². The average Bonchev–Trinajstić information content (AvgIpc) is 2.97. The lowest BCUT2D eigenvalue weighted by molar-refractivity contribution is -0.143. The molecule has 1 aliphatic rings. The van der Waals surface area contributed by atoms with E-state index in [1.165, 1.54) is 4.90 Å². The van der Waals surface area contributed by atoms with E-state index in [0.29, 0.717) is 37.2 Å². The molecule has 140 valence electrons. The number of halogens is 4. The van der Waals surface area contributed by atoms with Crippen molar-refractivity contribution in [3.8, 4) is 0 Å². The van der Waals surface area contributed by atoms with Gasteiger partial charge in [0.2, 0.25) is 0 Å². The normalized spacial score (nSPS) is 19.2. The SMILES string of the molecule is CCNC(=NCc1ccc(Cl)cc1)NCC1CCN(CC(F)(F)F)C1. The molecule has 1 aliphatic heterocycles. The van der Waals surface area contributed by atoms with Crippen LogP contribution >= 0.6 is 11.6 Å². The Kier molecular flexibility index (Phi) is 7.38. The number of nitrogens with one attached hydrogen (secondary N) is 2. The maximum Gasteiger partial charge on any atom is 0.401 e. The van der Waals surface area contributed by atoms with Gasteiger partial charge in [0, 0.05) is 24.7 Å². The van der Waals surface area contributed by atoms with E-state index in [-0.39, 0.29) is 5.92 Å². The van der Waals surface area contributed by atoms with Crippen molar-refractivity contribution in [2.24, 2.45) is 10.9 Å². The Balaban J connectivity index is 1.81. The minimum Gasteiger partial charge on any atom is -0.357 e. The van der Waals surface area contributed by atoms with Crippen LogP contribution in [-0.4, -0.2) is 49.8 Å². The largest absolute Gasteiger partial charge is 0.401 e. The number of rotatable bonds is 6. The molecule has 0 bridgehead atoms. The van der Waals surface area contributed by atoms with Crippen molar-refractivity contribution in [3.63, 3.8) is 0 Å². The second kappa shape index (κ2) is 9.29. The quantitative estimate of drug-likeness (QED) is 0.591. The summed E-state index contributed by atoms with van der Waals surface area (Å²) in [5.41, 5.74) is 1.04. The summed E-state index contributed by atoms with van der Waals surface area (Å²) in [4.78, 5) is 5.97. The average molecular weight is 377 g/mol. The van der Waals surface area contributed by atoms with Crippen molar-refractivity contribution in [2.75, 3.05) is 32.7 Å². The second-order valence-corrected chi connectivity index (χ2v) is 6.64. The van der Waals surface area contributed by atoms with Gasteiger partial charge in [-0.1, -0.05) is 23.7 Å². The molecule has 1 fully saturated rings. The maximum absolute atomic E-state index is 12.4. The lowest BCUT2D eigenvalue weighted by Gasteiger charge is -2.18. The molecule has 1 saturated heterocycles. The van der Waals surface area contributed by atoms with Crippen LogP contribution in [0, 0.1) is 5.92 Å². The number of nitrogens with zero attached hydrogens (tertiary/aromatic N) is 2. The van der Waals surface area contributed by atoms with E-state index in [9.17, 15) is 13.2 Å². The van der Waals surface area contributed by atoms with Gasteiger partial charge in [-0.3, -0.25) is 4.90 Å². The van der Waals surface area contributed by atoms with Gasteiger partial charge in [-0.15, -0.1) is 0 Å². The van der Waals surface area contributed by atoms with E-state index in [1.54, 1.807) is 0 Å². The fourth-order valence-electron chi connectivity index (χ4n) is 2.82. The van der Waals surface area contributed by atoms with E-state index in [0.717, 1.165) is 18.5 Å². The Bertz CT molecular complexity index is 560. The molecule has 0 aromatic heterocycles. The van der Waals surface area contributed by atoms with Gasteiger partial charge in [-0.2, -0.15) is 13.2 Å². The number of guanidine groups is 1. The molecule has 0 aliphatic carbocycles. The van der Waals surface area contributed by atoms with Crippen LogP contribution in [0.2, 0.25) is 5.02 Å². The zero-order valence-electron chi connectivity index (χ0n) is 14.2. The lowest BCUT2D eigenvalue weighted by Crippen LogP contribution is -2.40. The molecule has 0 amide bonds. The summed E-state index contributed by atoms with van der Waals surface area (Å²) < 4.78 is 37.3. The predicted octanol–water partition coefficient (Wildman–Crippen LogP) is 3.28. The number of hydrogen-bond donors (Lipinski definition) is 2. The van der Waals surface area contributed by atoms with Crippen molar-refractivity contribution in [2.45, 2.75) is 26.1 Å². The van der Waals surface area contributed by atoms with Crippen LogP contribution in [0.5, 0.6) is 0 Å². The molecule has 0 radical (unpaired) electrons. The highest BCUT2D eigenvalue weighted by Gasteiger charge is 2.34. The summed E-state index contributed by atoms with van der Waals surface area (Å²) in [6, 6.07) is 7.48. The first kappa shape index (κ1) is 19.8. The Morgan fingerprint density at radius 3 is 2.64 bits per heavy atom. The lowest BCUT2D eigenvalue weighted by atomic mass is 10.1. The van der Waals surface area contributed by atoms with Gasteiger partial charge in [0.15, 0.2) is 5.96 Å². The Hall–Kier alpha value is -1.47. The molecule has 2 rings (SSSR count). The van der Waals surface area contributed by atoms with E-state index in [1.807, 2.05) is 31.2 Å². The van der Waals surface area contributed by atoms with Crippen molar-refractivity contribution < 1.29 is 13.2 Å². The third-order valence-electron chi connectivity index (χ3n) is 4.01. The molecule has 0 saturated carbocycles. The Labute approximate surface area is 151 Å². The fourth-order valence-corrected chi connectivity index (χ4v) is 2.95. The van der Waals surface area contributed by atoms with Crippen LogP contribution < -0.4 is 10.6 Å². The summed E-state index contributed by atoms with van der Waals surface area (Å²) in [7, 11) is 0. The summed E-state index contributed by atoms with van der Waals surface area (Å²) in [6.07, 6.45) is -3.36. The van der Waals surface area contributed by atoms with Crippen LogP contribution in [0.15, 0.2) is 29.3 Å². The van der Waals surface area contributed by atoms with Gasteiger partial charge >= 0.3 is 6.18 Å². The highest BCUT2D eigenvalue weighted by atomic mass is 35.5. The first-order chi connectivity index (χ1) is 11.9. The number of alkyl halides is 3. The van der Waals surface area contributed by atoms with Crippen molar-refractivity contribution in [1.29, 1.82) is 0 Å². The summed E-state index contributed by atoms with van der Waals surface area (Å²) in [5, 5.41) is 7.07. The molecule has 1 atom stereocenters. The third-order valence-corrected chi connectivity index (χ3v) is 4.26. The van der Waals surface area contributed by atoms with Crippen molar-refractivity contribution in [1.82, 2.24) is 15.5 Å². The summed E-state index contributed by atoms with van der Waals surface area (Å²) >= 11 is 5.86. The summed E-state index contributed by atoms with van der Waals surface area (Å²) in [5.74, 6) is 0.869. The Morgan fingerprint density at radius 2 is 2.00 bits per heavy atom. The molecule has 1 aromatic rings. The number of likely N-dealkylation sites (tertiary alicyclic amines) is 1. The molecule has 8 heteroatoms. The van der Waals surface area contributed by atoms with Crippen LogP contribution in [0.1, 0.15) is 18.9 Å². The van der Waals surface area contributed by atoms with E-state index in [2.05, 4.69) is 15.6 Å². The van der Waals surface area contributed by atoms with Gasteiger partial charge in [-0.05, 0) is 43.5 Å². The zero-order valence-corrected chi connectivity index (χ0v) is 15.0. The number of benzene rings is 1. The van der Waals surface area contributed by atoms with Gasteiger partial charge < -0.3 is 10.6 Å². The highest BCUT2D eigenvalue weighted by Crippen LogP contribution is 2.22. The van der Waals surface area contributed by atoms with Crippen molar-refractivity contribution in [3.05, 3.63) is 34.9 Å². The molecule has 1 unspecified atom stereocenters. The molecule has 4 nitrogen and oxygen atoms in total. The van der Waals surface area contributed by atoms with Crippen molar-refractivity contribution >= 4 is 17.6 Å². The minimum absolute atomic E-state index is 0.196. The van der Waals surface area contributed by atoms with Crippen LogP contribution in [0.3, 0.4) is 0 Å². The monoisotopic (exact) mass is 376 g/mol. The zero-order chi connectivity index (χ0) is 18.3. The molecule has 25 heavy (non-hydrogen) atoms. The van der Waals surface area contributed by atoms with Gasteiger partial charge in [0.1, 0.15) is 0 Å². The van der Waals surface area contributed by atoms with E-state index >= 15 is 0 Å². The van der Waals surface area contributed by atoms with E-state index < -0.39 is 12.7 Å². The first-order valence-electron chi connectivity index (χ1n) is 8.41. The van der Waals surface area contributed by atoms with Gasteiger partial charge in [0.05, 0.1) is 13.1 Å². The molecule has 0 spiro atoms. The van der Waals surface area contributed by atoms with E-state index in [4.69, 9.17) is 11.6 Å². The molecule has 1 aromatic carbocycles. The topological polar surface area (TPSA) is 39.7 Å². The van der Waals surface area contributed by atoms with Crippen LogP contribution in [0.4, 0.5) is 13.2 Å². The summed E-state index contributed by atoms with van der Waals surface area (Å²) in [6.45, 7) is 3.94. The molecule has 1 heterocycles. The van der Waals surface area contributed by atoms with Gasteiger partial charge in [-0.25, -0.2) is 4.99 Å². The smallest absolute Gasteiger partial charge is 0.357 e. The number of hydrogen-bond acceptors (Lipinski definition) is 2. The standard InChI is InChI=1S/C17H24ClF3N4/c1-2-22-16(23-9-13-3-5-15(18)6-4-13)24-10-14-7-8-25(11-14)12-17(19,20)21/h3-6,14H,2,7-12H2,1H3,(H2,22,23,24). The van der Waals surface area contributed by atoms with Crippen LogP contribution in [0.25, 0.3) is 0 Å². The first-order valence-corrected chi connectivity index (χ1v) is 8.79. The van der Waals surface area contributed by atoms with Crippen LogP contribution in [-0.2, 0) is 6.54 Å². The highest BCUT2D eigenvalue weighted by molar-refractivity contribution is 6.30.